The van der Waals surface area contributed by atoms with E-state index in [-0.39, 0.29) is 18.6 Å². The van der Waals surface area contributed by atoms with Crippen LogP contribution in [0.1, 0.15) is 39.5 Å². The first kappa shape index (κ1) is 16.1. The third-order valence-corrected chi connectivity index (χ3v) is 4.75. The maximum absolute atomic E-state index is 12.7. The highest BCUT2D eigenvalue weighted by atomic mass is 16.4. The van der Waals surface area contributed by atoms with Crippen LogP contribution in [0, 0.1) is 0 Å². The van der Waals surface area contributed by atoms with Crippen LogP contribution >= 0.6 is 0 Å². The van der Waals surface area contributed by atoms with Crippen molar-refractivity contribution in [2.45, 2.75) is 51.6 Å². The molecule has 21 heavy (non-hydrogen) atoms. The highest BCUT2D eigenvalue weighted by Gasteiger charge is 2.33. The van der Waals surface area contributed by atoms with Gasteiger partial charge in [0.05, 0.1) is 0 Å². The van der Waals surface area contributed by atoms with Crippen molar-refractivity contribution in [3.05, 3.63) is 0 Å². The van der Waals surface area contributed by atoms with Crippen molar-refractivity contribution in [2.75, 3.05) is 32.7 Å². The Morgan fingerprint density at radius 1 is 1.29 bits per heavy atom. The summed E-state index contributed by atoms with van der Waals surface area (Å²) in [7, 11) is 0. The molecule has 0 aromatic carbocycles. The lowest BCUT2D eigenvalue weighted by molar-refractivity contribution is -0.138. The van der Waals surface area contributed by atoms with Crippen molar-refractivity contribution in [2.24, 2.45) is 0 Å². The van der Waals surface area contributed by atoms with Crippen LogP contribution in [0.15, 0.2) is 0 Å². The molecule has 1 N–H and O–H groups in total. The monoisotopic (exact) mass is 297 g/mol. The highest BCUT2D eigenvalue weighted by molar-refractivity contribution is 5.80. The lowest BCUT2D eigenvalue weighted by Gasteiger charge is -2.34. The van der Waals surface area contributed by atoms with E-state index in [1.54, 1.807) is 0 Å². The van der Waals surface area contributed by atoms with Gasteiger partial charge in [-0.05, 0) is 39.2 Å². The van der Waals surface area contributed by atoms with E-state index in [9.17, 15) is 9.59 Å². The molecule has 0 spiro atoms. The molecule has 120 valence electrons. The topological polar surface area (TPSA) is 64.1 Å². The molecule has 6 heteroatoms. The van der Waals surface area contributed by atoms with E-state index in [1.807, 2.05) is 18.7 Å². The molecule has 2 aliphatic heterocycles. The minimum atomic E-state index is -0.944. The van der Waals surface area contributed by atoms with Gasteiger partial charge in [0.1, 0.15) is 6.54 Å². The van der Waals surface area contributed by atoms with Crippen molar-refractivity contribution >= 4 is 12.0 Å². The largest absolute Gasteiger partial charge is 0.480 e. The number of aliphatic carboxylic acids is 1. The van der Waals surface area contributed by atoms with Gasteiger partial charge in [-0.2, -0.15) is 0 Å². The molecule has 2 atom stereocenters. The van der Waals surface area contributed by atoms with E-state index in [0.717, 1.165) is 45.4 Å². The molecule has 2 rings (SSSR count). The second kappa shape index (κ2) is 7.11. The first-order valence-corrected chi connectivity index (χ1v) is 8.04. The summed E-state index contributed by atoms with van der Waals surface area (Å²) in [6.45, 7) is 7.35. The smallest absolute Gasteiger partial charge is 0.323 e. The molecule has 0 aromatic rings. The van der Waals surface area contributed by atoms with E-state index in [1.165, 1.54) is 11.3 Å². The number of carboxylic acids is 1. The molecule has 2 saturated heterocycles. The summed E-state index contributed by atoms with van der Waals surface area (Å²) < 4.78 is 0. The molecule has 2 heterocycles. The molecule has 0 aromatic heterocycles. The third-order valence-electron chi connectivity index (χ3n) is 4.75. The summed E-state index contributed by atoms with van der Waals surface area (Å²) >= 11 is 0. The molecular formula is C15H27N3O3. The lowest BCUT2D eigenvalue weighted by atomic mass is 10.2. The third kappa shape index (κ3) is 3.87. The molecule has 0 bridgehead atoms. The molecule has 0 radical (unpaired) electrons. The van der Waals surface area contributed by atoms with Crippen molar-refractivity contribution in [1.29, 1.82) is 0 Å². The lowest BCUT2D eigenvalue weighted by Crippen LogP contribution is -2.51. The standard InChI is InChI=1S/C15H27N3O3/c1-3-12(2)18(11-14(19)20)15(21)17-9-5-8-16-7-4-6-13(16)10-17/h12-13H,3-11H2,1-2H3,(H,19,20). The van der Waals surface area contributed by atoms with Crippen LogP contribution in [-0.2, 0) is 4.79 Å². The molecule has 2 amide bonds. The number of nitrogens with zero attached hydrogens (tertiary/aromatic N) is 3. The number of hydrogen-bond acceptors (Lipinski definition) is 3. The Morgan fingerprint density at radius 3 is 2.67 bits per heavy atom. The predicted molar refractivity (Wildman–Crippen MR) is 80.3 cm³/mol. The second-order valence-electron chi connectivity index (χ2n) is 6.19. The Balaban J connectivity index is 2.05. The molecule has 2 aliphatic rings. The fourth-order valence-electron chi connectivity index (χ4n) is 3.34. The Labute approximate surface area is 126 Å². The highest BCUT2D eigenvalue weighted by Crippen LogP contribution is 2.22. The van der Waals surface area contributed by atoms with Gasteiger partial charge >= 0.3 is 12.0 Å². The minimum absolute atomic E-state index is 0.0449. The van der Waals surface area contributed by atoms with Gasteiger partial charge in [0.2, 0.25) is 0 Å². The van der Waals surface area contributed by atoms with Crippen LogP contribution in [0.3, 0.4) is 0 Å². The molecule has 0 saturated carbocycles. The maximum Gasteiger partial charge on any atom is 0.323 e. The van der Waals surface area contributed by atoms with Gasteiger partial charge in [-0.25, -0.2) is 4.79 Å². The summed E-state index contributed by atoms with van der Waals surface area (Å²) in [5.41, 5.74) is 0. The zero-order valence-corrected chi connectivity index (χ0v) is 13.1. The van der Waals surface area contributed by atoms with Crippen molar-refractivity contribution in [3.8, 4) is 0 Å². The van der Waals surface area contributed by atoms with E-state index >= 15 is 0 Å². The number of carboxylic acid groups (broad SMARTS) is 1. The Hall–Kier alpha value is -1.30. The number of hydrogen-bond donors (Lipinski definition) is 1. The second-order valence-corrected chi connectivity index (χ2v) is 6.19. The van der Waals surface area contributed by atoms with Crippen LogP contribution in [0.5, 0.6) is 0 Å². The summed E-state index contributed by atoms with van der Waals surface area (Å²) in [6.07, 6.45) is 4.09. The first-order valence-electron chi connectivity index (χ1n) is 8.04. The van der Waals surface area contributed by atoms with Crippen molar-refractivity contribution < 1.29 is 14.7 Å². The van der Waals surface area contributed by atoms with E-state index in [2.05, 4.69) is 4.90 Å². The fraction of sp³-hybridized carbons (Fsp3) is 0.867. The van der Waals surface area contributed by atoms with Crippen LogP contribution in [-0.4, -0.2) is 76.6 Å². The predicted octanol–water partition coefficient (Wildman–Crippen LogP) is 1.46. The molecular weight excluding hydrogens is 270 g/mol. The van der Waals surface area contributed by atoms with Crippen LogP contribution < -0.4 is 0 Å². The summed E-state index contributed by atoms with van der Waals surface area (Å²) in [4.78, 5) is 29.6. The van der Waals surface area contributed by atoms with Crippen LogP contribution in [0.25, 0.3) is 0 Å². The first-order chi connectivity index (χ1) is 10.0. The number of rotatable bonds is 4. The molecule has 2 unspecified atom stereocenters. The van der Waals surface area contributed by atoms with Gasteiger partial charge in [0.25, 0.3) is 0 Å². The Morgan fingerprint density at radius 2 is 2.00 bits per heavy atom. The fourth-order valence-corrected chi connectivity index (χ4v) is 3.34. The van der Waals surface area contributed by atoms with Crippen LogP contribution in [0.4, 0.5) is 4.79 Å². The maximum atomic E-state index is 12.7. The Bertz CT molecular complexity index is 388. The quantitative estimate of drug-likeness (QED) is 0.853. The average molecular weight is 297 g/mol. The number of urea groups is 1. The number of carbonyl (C=O) groups excluding carboxylic acids is 1. The summed E-state index contributed by atoms with van der Waals surface area (Å²) in [6, 6.07) is 0.303. The van der Waals surface area contributed by atoms with E-state index in [4.69, 9.17) is 5.11 Å². The summed E-state index contributed by atoms with van der Waals surface area (Å²) in [5.74, 6) is -0.944. The Kier molecular flexibility index (Phi) is 5.45. The van der Waals surface area contributed by atoms with E-state index < -0.39 is 5.97 Å². The van der Waals surface area contributed by atoms with Gasteiger partial charge < -0.3 is 14.9 Å². The minimum Gasteiger partial charge on any atom is -0.480 e. The summed E-state index contributed by atoms with van der Waals surface area (Å²) in [5, 5.41) is 9.06. The number of carbonyl (C=O) groups is 2. The van der Waals surface area contributed by atoms with Gasteiger partial charge in [0, 0.05) is 31.7 Å². The van der Waals surface area contributed by atoms with Crippen LogP contribution in [0.2, 0.25) is 0 Å². The zero-order valence-electron chi connectivity index (χ0n) is 13.1. The molecule has 6 nitrogen and oxygen atoms in total. The number of amides is 2. The van der Waals surface area contributed by atoms with E-state index in [0.29, 0.717) is 6.04 Å². The van der Waals surface area contributed by atoms with Crippen molar-refractivity contribution in [1.82, 2.24) is 14.7 Å². The zero-order chi connectivity index (χ0) is 15.4. The number of fused-ring (bicyclic) bond motifs is 1. The van der Waals surface area contributed by atoms with Crippen molar-refractivity contribution in [3.63, 3.8) is 0 Å². The molecule has 0 aliphatic carbocycles. The normalized spacial score (nSPS) is 24.3. The van der Waals surface area contributed by atoms with Gasteiger partial charge in [-0.1, -0.05) is 6.92 Å². The SMILES string of the molecule is CCC(C)N(CC(=O)O)C(=O)N1CCCN2CCCC2C1. The van der Waals surface area contributed by atoms with Gasteiger partial charge in [-0.15, -0.1) is 0 Å². The molecule has 2 fully saturated rings. The average Bonchev–Trinajstić information content (AvgIpc) is 2.80. The van der Waals surface area contributed by atoms with Gasteiger partial charge in [0.15, 0.2) is 0 Å². The van der Waals surface area contributed by atoms with Gasteiger partial charge in [-0.3, -0.25) is 9.69 Å².